The largest absolute Gasteiger partial charge is 0.396 e. The molecule has 0 aliphatic carbocycles. The van der Waals surface area contributed by atoms with E-state index in [4.69, 9.17) is 0 Å². The maximum absolute atomic E-state index is 12.8. The van der Waals surface area contributed by atoms with Crippen molar-refractivity contribution in [2.24, 2.45) is 11.8 Å². The molecule has 31 heavy (non-hydrogen) atoms. The van der Waals surface area contributed by atoms with E-state index in [0.29, 0.717) is 24.6 Å². The number of nitrogens with zero attached hydrogens (tertiary/aromatic N) is 3. The molecule has 2 heterocycles. The van der Waals surface area contributed by atoms with Crippen LogP contribution in [-0.2, 0) is 6.54 Å². The predicted molar refractivity (Wildman–Crippen MR) is 119 cm³/mol. The molecule has 2 aliphatic rings. The Morgan fingerprint density at radius 1 is 1.10 bits per heavy atom. The zero-order chi connectivity index (χ0) is 21.6. The van der Waals surface area contributed by atoms with E-state index in [1.54, 1.807) is 6.07 Å². The number of hydrogen-bond donors (Lipinski definition) is 2. The number of carbonyl (C=O) groups is 1. The lowest BCUT2D eigenvalue weighted by atomic mass is 9.87. The number of aliphatic hydroxyl groups is 1. The predicted octanol–water partition coefficient (Wildman–Crippen LogP) is 3.15. The molecule has 0 radical (unpaired) electrons. The van der Waals surface area contributed by atoms with Crippen LogP contribution in [0.2, 0.25) is 0 Å². The smallest absolute Gasteiger partial charge is 0.317 e. The Hall–Kier alpha value is -2.88. The molecule has 0 spiro atoms. The second-order valence-corrected chi connectivity index (χ2v) is 8.67. The van der Waals surface area contributed by atoms with Crippen LogP contribution in [0.1, 0.15) is 35.6 Å². The summed E-state index contributed by atoms with van der Waals surface area (Å²) < 4.78 is 0. The number of benzene rings is 2. The summed E-state index contributed by atoms with van der Waals surface area (Å²) in [5, 5.41) is 22.2. The van der Waals surface area contributed by atoms with Crippen molar-refractivity contribution in [3.63, 3.8) is 0 Å². The highest BCUT2D eigenvalue weighted by atomic mass is 16.3. The molecule has 162 valence electrons. The number of piperidine rings is 1. The Kier molecular flexibility index (Phi) is 6.86. The number of rotatable bonds is 6. The first-order valence-electron chi connectivity index (χ1n) is 11.1. The van der Waals surface area contributed by atoms with Crippen molar-refractivity contribution in [3.8, 4) is 6.07 Å². The van der Waals surface area contributed by atoms with E-state index in [9.17, 15) is 15.2 Å². The average molecular weight is 419 g/mol. The molecule has 0 aromatic heterocycles. The molecule has 2 aliphatic heterocycles. The van der Waals surface area contributed by atoms with Crippen molar-refractivity contribution in [2.75, 3.05) is 32.8 Å². The van der Waals surface area contributed by atoms with Gasteiger partial charge in [-0.25, -0.2) is 4.79 Å². The highest BCUT2D eigenvalue weighted by Gasteiger charge is 2.38. The van der Waals surface area contributed by atoms with Gasteiger partial charge in [0.15, 0.2) is 0 Å². The maximum atomic E-state index is 12.8. The summed E-state index contributed by atoms with van der Waals surface area (Å²) in [6.45, 7) is 4.12. The van der Waals surface area contributed by atoms with Gasteiger partial charge in [0.2, 0.25) is 0 Å². The van der Waals surface area contributed by atoms with Crippen molar-refractivity contribution in [1.29, 1.82) is 5.26 Å². The zero-order valence-corrected chi connectivity index (χ0v) is 17.8. The molecule has 2 saturated heterocycles. The van der Waals surface area contributed by atoms with Crippen LogP contribution < -0.4 is 5.32 Å². The number of carbonyl (C=O) groups excluding carboxylic acids is 1. The molecule has 6 nitrogen and oxygen atoms in total. The van der Waals surface area contributed by atoms with E-state index >= 15 is 0 Å². The fourth-order valence-electron chi connectivity index (χ4n) is 4.86. The van der Waals surface area contributed by atoms with Gasteiger partial charge in [0, 0.05) is 32.2 Å². The van der Waals surface area contributed by atoms with Crippen molar-refractivity contribution >= 4 is 6.03 Å². The minimum atomic E-state index is -0.214. The first-order valence-corrected chi connectivity index (χ1v) is 11.1. The molecule has 2 unspecified atom stereocenters. The Morgan fingerprint density at radius 2 is 1.87 bits per heavy atom. The van der Waals surface area contributed by atoms with Gasteiger partial charge in [-0.15, -0.1) is 0 Å². The maximum Gasteiger partial charge on any atom is 0.317 e. The van der Waals surface area contributed by atoms with Crippen molar-refractivity contribution < 1.29 is 9.90 Å². The summed E-state index contributed by atoms with van der Waals surface area (Å²) in [6.07, 6.45) is 2.09. The normalized spacial score (nSPS) is 22.7. The Labute approximate surface area is 184 Å². The molecule has 2 N–H and O–H groups in total. The standard InChI is InChI=1S/C25H30N4O2/c26-14-21-7-4-8-22(13-21)24-23(18-30)15-27-25(31)29(24)17-20-9-11-28(12-10-20)16-19-5-2-1-3-6-19/h1-8,13,20,23-24,30H,9-12,15-18H2,(H,27,31). The van der Waals surface area contributed by atoms with Gasteiger partial charge in [0.05, 0.1) is 17.7 Å². The number of hydrogen-bond acceptors (Lipinski definition) is 4. The van der Waals surface area contributed by atoms with Crippen LogP contribution in [0.5, 0.6) is 0 Å². The molecule has 0 saturated carbocycles. The van der Waals surface area contributed by atoms with Crippen molar-refractivity contribution in [2.45, 2.75) is 25.4 Å². The van der Waals surface area contributed by atoms with Gasteiger partial charge in [-0.1, -0.05) is 42.5 Å². The fraction of sp³-hybridized carbons (Fsp3) is 0.440. The van der Waals surface area contributed by atoms with Crippen LogP contribution in [0, 0.1) is 23.2 Å². The Balaban J connectivity index is 1.44. The van der Waals surface area contributed by atoms with Crippen LogP contribution in [0.4, 0.5) is 4.79 Å². The number of aliphatic hydroxyl groups excluding tert-OH is 1. The Bertz CT molecular complexity index is 919. The minimum absolute atomic E-state index is 0.00620. The van der Waals surface area contributed by atoms with E-state index in [-0.39, 0.29) is 24.6 Å². The third-order valence-corrected chi connectivity index (χ3v) is 6.56. The van der Waals surface area contributed by atoms with E-state index in [2.05, 4.69) is 40.6 Å². The lowest BCUT2D eigenvalue weighted by molar-refractivity contribution is 0.0658. The van der Waals surface area contributed by atoms with E-state index in [0.717, 1.165) is 38.0 Å². The Morgan fingerprint density at radius 3 is 2.58 bits per heavy atom. The van der Waals surface area contributed by atoms with Crippen molar-refractivity contribution in [3.05, 3.63) is 71.3 Å². The highest BCUT2D eigenvalue weighted by molar-refractivity contribution is 5.76. The topological polar surface area (TPSA) is 79.6 Å². The summed E-state index contributed by atoms with van der Waals surface area (Å²) in [4.78, 5) is 17.2. The molecule has 2 amide bonds. The van der Waals surface area contributed by atoms with Crippen molar-refractivity contribution in [1.82, 2.24) is 15.1 Å². The summed E-state index contributed by atoms with van der Waals surface area (Å²) in [5.41, 5.74) is 2.84. The number of nitriles is 1. The molecule has 2 aromatic carbocycles. The average Bonchev–Trinajstić information content (AvgIpc) is 2.82. The van der Waals surface area contributed by atoms with Gasteiger partial charge in [0.1, 0.15) is 0 Å². The van der Waals surface area contributed by atoms with Crippen LogP contribution in [0.15, 0.2) is 54.6 Å². The van der Waals surface area contributed by atoms with Gasteiger partial charge in [-0.3, -0.25) is 4.90 Å². The van der Waals surface area contributed by atoms with E-state index in [1.807, 2.05) is 29.2 Å². The second-order valence-electron chi connectivity index (χ2n) is 8.67. The minimum Gasteiger partial charge on any atom is -0.396 e. The van der Waals surface area contributed by atoms with Crippen LogP contribution in [0.25, 0.3) is 0 Å². The molecular formula is C25H30N4O2. The monoisotopic (exact) mass is 418 g/mol. The number of likely N-dealkylation sites (tertiary alicyclic amines) is 1. The molecule has 2 aromatic rings. The molecular weight excluding hydrogens is 388 g/mol. The highest BCUT2D eigenvalue weighted by Crippen LogP contribution is 2.34. The fourth-order valence-corrected chi connectivity index (χ4v) is 4.86. The van der Waals surface area contributed by atoms with Gasteiger partial charge in [-0.05, 0) is 55.1 Å². The lowest BCUT2D eigenvalue weighted by Gasteiger charge is -2.44. The molecule has 4 rings (SSSR count). The summed E-state index contributed by atoms with van der Waals surface area (Å²) in [5.74, 6) is 0.335. The van der Waals surface area contributed by atoms with E-state index in [1.165, 1.54) is 5.56 Å². The molecule has 2 atom stereocenters. The summed E-state index contributed by atoms with van der Waals surface area (Å²) >= 11 is 0. The van der Waals surface area contributed by atoms with Gasteiger partial charge in [-0.2, -0.15) is 5.26 Å². The van der Waals surface area contributed by atoms with Gasteiger partial charge in [0.25, 0.3) is 0 Å². The third kappa shape index (κ3) is 5.07. The number of amides is 2. The number of urea groups is 1. The summed E-state index contributed by atoms with van der Waals surface area (Å²) in [6, 6.07) is 19.9. The van der Waals surface area contributed by atoms with Crippen LogP contribution >= 0.6 is 0 Å². The summed E-state index contributed by atoms with van der Waals surface area (Å²) in [7, 11) is 0. The molecule has 2 fully saturated rings. The van der Waals surface area contributed by atoms with Crippen LogP contribution in [0.3, 0.4) is 0 Å². The first-order chi connectivity index (χ1) is 15.2. The van der Waals surface area contributed by atoms with Crippen LogP contribution in [-0.4, -0.2) is 53.7 Å². The first kappa shape index (κ1) is 21.4. The lowest BCUT2D eigenvalue weighted by Crippen LogP contribution is -2.55. The quantitative estimate of drug-likeness (QED) is 0.755. The second kappa shape index (κ2) is 9.95. The molecule has 6 heteroatoms. The van der Waals surface area contributed by atoms with Gasteiger partial charge >= 0.3 is 6.03 Å². The molecule has 0 bridgehead atoms. The number of nitrogens with one attached hydrogen (secondary N) is 1. The zero-order valence-electron chi connectivity index (χ0n) is 17.8. The SMILES string of the molecule is N#Cc1cccc(C2C(CO)CNC(=O)N2CC2CCN(Cc3ccccc3)CC2)c1. The third-order valence-electron chi connectivity index (χ3n) is 6.56. The van der Waals surface area contributed by atoms with E-state index < -0.39 is 0 Å². The van der Waals surface area contributed by atoms with Gasteiger partial charge < -0.3 is 15.3 Å².